The number of carbonyl (C=O) groups excluding carboxylic acids is 2. The fraction of sp³-hybridized carbons (Fsp3) is 0.350. The number of benzene rings is 1. The van der Waals surface area contributed by atoms with Crippen molar-refractivity contribution < 1.29 is 19.1 Å². The van der Waals surface area contributed by atoms with Crippen LogP contribution in [-0.2, 0) is 14.3 Å². The summed E-state index contributed by atoms with van der Waals surface area (Å²) in [6.45, 7) is 8.12. The van der Waals surface area contributed by atoms with Gasteiger partial charge in [-0.2, -0.15) is 5.26 Å². The maximum Gasteiger partial charge on any atom is 0.319 e. The lowest BCUT2D eigenvalue weighted by molar-refractivity contribution is -0.150. The predicted octanol–water partition coefficient (Wildman–Crippen LogP) is 3.13. The van der Waals surface area contributed by atoms with Gasteiger partial charge in [-0.1, -0.05) is 24.3 Å². The first-order valence-corrected chi connectivity index (χ1v) is 9.44. The molecule has 0 aliphatic carbocycles. The van der Waals surface area contributed by atoms with Crippen molar-refractivity contribution >= 4 is 23.6 Å². The van der Waals surface area contributed by atoms with Crippen LogP contribution in [0, 0.1) is 17.2 Å². The number of nitriles is 1. The summed E-state index contributed by atoms with van der Waals surface area (Å²) < 4.78 is 10.3. The van der Waals surface area contributed by atoms with E-state index in [9.17, 15) is 14.9 Å². The number of rotatable bonds is 7. The molecule has 2 rings (SSSR count). The van der Waals surface area contributed by atoms with E-state index in [1.165, 1.54) is 18.9 Å². The van der Waals surface area contributed by atoms with Crippen LogP contribution >= 0.6 is 11.8 Å². The number of nitrogens with one attached hydrogen (secondary N) is 1. The molecule has 0 fully saturated rings. The number of carbonyl (C=O) groups is 2. The minimum atomic E-state index is -1.13. The molecule has 142 valence electrons. The number of nitrogens with zero attached hydrogens (tertiary/aromatic N) is 1. The summed E-state index contributed by atoms with van der Waals surface area (Å²) >= 11 is 1.32. The Balaban J connectivity index is 2.53. The van der Waals surface area contributed by atoms with Crippen LogP contribution < -0.4 is 10.1 Å². The molecule has 6 nitrogen and oxygen atoms in total. The summed E-state index contributed by atoms with van der Waals surface area (Å²) in [6.07, 6.45) is 0. The Labute approximate surface area is 163 Å². The van der Waals surface area contributed by atoms with E-state index in [0.717, 1.165) is 5.57 Å². The molecule has 2 unspecified atom stereocenters. The summed E-state index contributed by atoms with van der Waals surface area (Å²) in [5, 5.41) is 12.9. The molecule has 1 heterocycles. The van der Waals surface area contributed by atoms with Gasteiger partial charge in [-0.3, -0.25) is 9.59 Å². The molecule has 1 aromatic carbocycles. The number of ether oxygens (including phenoxy) is 2. The van der Waals surface area contributed by atoms with Crippen molar-refractivity contribution in [3.05, 3.63) is 52.6 Å². The van der Waals surface area contributed by atoms with Crippen LogP contribution in [0.1, 0.15) is 25.3 Å². The lowest BCUT2D eigenvalue weighted by Crippen LogP contribution is -2.44. The number of methoxy groups -OCH3 is 1. The highest BCUT2D eigenvalue weighted by Gasteiger charge is 2.44. The monoisotopic (exact) mass is 386 g/mol. The smallest absolute Gasteiger partial charge is 0.319 e. The van der Waals surface area contributed by atoms with Gasteiger partial charge in [0.1, 0.15) is 11.7 Å². The lowest BCUT2D eigenvalue weighted by Gasteiger charge is -2.31. The Morgan fingerprint density at radius 3 is 2.56 bits per heavy atom. The van der Waals surface area contributed by atoms with Crippen molar-refractivity contribution in [1.29, 1.82) is 5.26 Å². The van der Waals surface area contributed by atoms with Gasteiger partial charge < -0.3 is 14.8 Å². The van der Waals surface area contributed by atoms with Crippen LogP contribution in [0.5, 0.6) is 5.75 Å². The minimum Gasteiger partial charge on any atom is -0.494 e. The predicted molar refractivity (Wildman–Crippen MR) is 104 cm³/mol. The molecule has 1 N–H and O–H groups in total. The van der Waals surface area contributed by atoms with Crippen molar-refractivity contribution in [2.75, 3.05) is 19.5 Å². The summed E-state index contributed by atoms with van der Waals surface area (Å²) in [4.78, 5) is 25.0. The van der Waals surface area contributed by atoms with E-state index in [0.29, 0.717) is 34.3 Å². The molecule has 0 saturated carbocycles. The van der Waals surface area contributed by atoms with Gasteiger partial charge in [-0.15, -0.1) is 11.8 Å². The van der Waals surface area contributed by atoms with Crippen LogP contribution in [0.25, 0.3) is 0 Å². The molecule has 1 aromatic rings. The number of allylic oxidation sites excluding steroid dienone is 1. The second kappa shape index (κ2) is 9.28. The van der Waals surface area contributed by atoms with Gasteiger partial charge >= 0.3 is 5.97 Å². The lowest BCUT2D eigenvalue weighted by atomic mass is 9.78. The summed E-state index contributed by atoms with van der Waals surface area (Å²) in [7, 11) is 1.23. The maximum absolute atomic E-state index is 12.6. The number of thioether (sulfide) groups is 1. The zero-order valence-electron chi connectivity index (χ0n) is 15.6. The molecular weight excluding hydrogens is 364 g/mol. The summed E-state index contributed by atoms with van der Waals surface area (Å²) in [6, 6.07) is 9.22. The van der Waals surface area contributed by atoms with Gasteiger partial charge in [0.25, 0.3) is 0 Å². The van der Waals surface area contributed by atoms with E-state index in [-0.39, 0.29) is 0 Å². The van der Waals surface area contributed by atoms with Gasteiger partial charge in [-0.05, 0) is 31.5 Å². The Hall–Kier alpha value is -2.72. The Morgan fingerprint density at radius 2 is 2.04 bits per heavy atom. The summed E-state index contributed by atoms with van der Waals surface area (Å²) in [5.74, 6) is -1.78. The largest absolute Gasteiger partial charge is 0.494 e. The second-order valence-electron chi connectivity index (χ2n) is 6.07. The molecule has 0 radical (unpaired) electrons. The highest BCUT2D eigenvalue weighted by atomic mass is 32.2. The van der Waals surface area contributed by atoms with Gasteiger partial charge in [-0.25, -0.2) is 0 Å². The Morgan fingerprint density at radius 1 is 1.37 bits per heavy atom. The molecule has 0 bridgehead atoms. The van der Waals surface area contributed by atoms with Crippen LogP contribution in [0.15, 0.2) is 47.0 Å². The van der Waals surface area contributed by atoms with Crippen molar-refractivity contribution in [1.82, 2.24) is 5.32 Å². The van der Waals surface area contributed by atoms with E-state index >= 15 is 0 Å². The molecule has 0 aromatic heterocycles. The standard InChI is InChI=1S/C20H22N2O4S/c1-5-26-14-8-6-13(7-9-14)16-15(10-21)19(27-11-12(2)3)22-18(23)17(16)20(24)25-4/h6-9,16-17H,2,5,11H2,1,3-4H3,(H,22,23). The second-order valence-corrected chi connectivity index (χ2v) is 7.06. The molecule has 1 aliphatic heterocycles. The van der Waals surface area contributed by atoms with E-state index in [1.807, 2.05) is 13.8 Å². The van der Waals surface area contributed by atoms with E-state index in [2.05, 4.69) is 18.0 Å². The van der Waals surface area contributed by atoms with Crippen molar-refractivity contribution in [2.24, 2.45) is 5.92 Å². The van der Waals surface area contributed by atoms with Crippen LogP contribution in [0.4, 0.5) is 0 Å². The third-order valence-corrected chi connectivity index (χ3v) is 5.24. The number of hydrogen-bond donors (Lipinski definition) is 1. The Kier molecular flexibility index (Phi) is 7.08. The molecule has 7 heteroatoms. The molecule has 0 spiro atoms. The van der Waals surface area contributed by atoms with Crippen molar-refractivity contribution in [3.8, 4) is 11.8 Å². The molecule has 1 aliphatic rings. The average molecular weight is 386 g/mol. The number of esters is 1. The fourth-order valence-corrected chi connectivity index (χ4v) is 3.70. The normalized spacial score (nSPS) is 19.1. The maximum atomic E-state index is 12.6. The summed E-state index contributed by atoms with van der Waals surface area (Å²) in [5.41, 5.74) is 1.92. The van der Waals surface area contributed by atoms with Crippen LogP contribution in [-0.4, -0.2) is 31.3 Å². The Bertz CT molecular complexity index is 808. The van der Waals surface area contributed by atoms with Gasteiger partial charge in [0.05, 0.1) is 30.4 Å². The third kappa shape index (κ3) is 4.72. The zero-order chi connectivity index (χ0) is 20.0. The zero-order valence-corrected chi connectivity index (χ0v) is 16.4. The molecular formula is C20H22N2O4S. The van der Waals surface area contributed by atoms with E-state index in [4.69, 9.17) is 9.47 Å². The fourth-order valence-electron chi connectivity index (χ4n) is 2.81. The first-order chi connectivity index (χ1) is 12.9. The van der Waals surface area contributed by atoms with Crippen LogP contribution in [0.3, 0.4) is 0 Å². The average Bonchev–Trinajstić information content (AvgIpc) is 2.66. The highest BCUT2D eigenvalue weighted by molar-refractivity contribution is 8.03. The molecule has 27 heavy (non-hydrogen) atoms. The number of hydrogen-bond acceptors (Lipinski definition) is 6. The van der Waals surface area contributed by atoms with Gasteiger partial charge in [0.2, 0.25) is 5.91 Å². The van der Waals surface area contributed by atoms with Crippen LogP contribution in [0.2, 0.25) is 0 Å². The number of amides is 1. The van der Waals surface area contributed by atoms with Crippen molar-refractivity contribution in [2.45, 2.75) is 19.8 Å². The van der Waals surface area contributed by atoms with Gasteiger partial charge in [0.15, 0.2) is 0 Å². The SMILES string of the molecule is C=C(C)CSC1=C(C#N)C(c2ccc(OCC)cc2)C(C(=O)OC)C(=O)N1. The molecule has 0 saturated heterocycles. The topological polar surface area (TPSA) is 88.4 Å². The van der Waals surface area contributed by atoms with Gasteiger partial charge in [0, 0.05) is 11.7 Å². The van der Waals surface area contributed by atoms with Crippen molar-refractivity contribution in [3.63, 3.8) is 0 Å². The molecule has 2 atom stereocenters. The minimum absolute atomic E-state index is 0.334. The first-order valence-electron chi connectivity index (χ1n) is 8.45. The molecule has 1 amide bonds. The van der Waals surface area contributed by atoms with E-state index < -0.39 is 23.7 Å². The van der Waals surface area contributed by atoms with E-state index in [1.54, 1.807) is 24.3 Å². The quantitative estimate of drug-likeness (QED) is 0.440. The third-order valence-electron chi connectivity index (χ3n) is 4.00. The highest BCUT2D eigenvalue weighted by Crippen LogP contribution is 2.40. The first kappa shape index (κ1) is 20.6.